The number of anilines is 2. The first kappa shape index (κ1) is 24.9. The molecule has 3 aliphatic rings. The number of hydrogen-bond donors (Lipinski definition) is 2. The molecule has 2 aromatic carbocycles. The molecule has 0 amide bonds. The first-order valence-corrected chi connectivity index (χ1v) is 14.5. The maximum Gasteiger partial charge on any atom is 0.319 e. The lowest BCUT2D eigenvalue weighted by atomic mass is 9.93. The number of nitrogen functional groups attached to an aromatic ring is 1. The number of benzene rings is 2. The fourth-order valence-electron chi connectivity index (χ4n) is 5.94. The Kier molecular flexibility index (Phi) is 6.24. The van der Waals surface area contributed by atoms with Crippen molar-refractivity contribution in [3.05, 3.63) is 35.4 Å². The number of hydrogen-bond acceptors (Lipinski definition) is 9. The Morgan fingerprint density at radius 2 is 1.90 bits per heavy atom. The molecule has 2 aromatic heterocycles. The molecular formula is C28H31F2N7OS. The van der Waals surface area contributed by atoms with E-state index in [1.165, 1.54) is 6.07 Å². The Morgan fingerprint density at radius 3 is 2.64 bits per heavy atom. The Hall–Kier alpha value is -3.15. The van der Waals surface area contributed by atoms with Gasteiger partial charge in [0.05, 0.1) is 10.2 Å². The average molecular weight is 552 g/mol. The van der Waals surface area contributed by atoms with Crippen LogP contribution in [0.4, 0.5) is 19.7 Å². The molecule has 1 unspecified atom stereocenters. The highest BCUT2D eigenvalue weighted by atomic mass is 32.1. The van der Waals surface area contributed by atoms with Gasteiger partial charge in [-0.1, -0.05) is 11.3 Å². The summed E-state index contributed by atoms with van der Waals surface area (Å²) in [5, 5.41) is 4.31. The van der Waals surface area contributed by atoms with E-state index in [0.717, 1.165) is 75.3 Å². The number of nitrogens with one attached hydrogen (secondary N) is 1. The molecule has 0 bridgehead atoms. The van der Waals surface area contributed by atoms with E-state index in [4.69, 9.17) is 15.5 Å². The van der Waals surface area contributed by atoms with E-state index in [2.05, 4.69) is 32.1 Å². The standard InChI is InChI=1S/C28H31F2N7OS/c1-36-10-2-3-16(36)14-38-28-34-23-19(26(35-28)37-11-8-32-9-12-37)13-18(15-4-5-15)21(22(23)30)17-6-7-20(29)25-24(17)33-27(31)39-25/h6-7,13,15-16,32H,2-5,8-12,14H2,1H3,(H2,31,33). The van der Waals surface area contributed by atoms with Crippen molar-refractivity contribution in [2.75, 3.05) is 57.0 Å². The van der Waals surface area contributed by atoms with Gasteiger partial charge >= 0.3 is 6.01 Å². The predicted molar refractivity (Wildman–Crippen MR) is 151 cm³/mol. The summed E-state index contributed by atoms with van der Waals surface area (Å²) in [5.41, 5.74) is 8.41. The molecule has 7 rings (SSSR count). The highest BCUT2D eigenvalue weighted by Crippen LogP contribution is 2.49. The van der Waals surface area contributed by atoms with Gasteiger partial charge in [0.15, 0.2) is 10.9 Å². The minimum atomic E-state index is -0.449. The monoisotopic (exact) mass is 551 g/mol. The molecule has 4 aromatic rings. The van der Waals surface area contributed by atoms with Crippen LogP contribution in [0, 0.1) is 11.6 Å². The second-order valence-electron chi connectivity index (χ2n) is 10.8. The van der Waals surface area contributed by atoms with E-state index < -0.39 is 11.6 Å². The molecule has 11 heteroatoms. The molecule has 2 aliphatic heterocycles. The van der Waals surface area contributed by atoms with Crippen molar-refractivity contribution in [1.29, 1.82) is 0 Å². The van der Waals surface area contributed by atoms with Crippen molar-refractivity contribution in [1.82, 2.24) is 25.2 Å². The largest absolute Gasteiger partial charge is 0.462 e. The molecule has 39 heavy (non-hydrogen) atoms. The zero-order valence-electron chi connectivity index (χ0n) is 21.8. The lowest BCUT2D eigenvalue weighted by Gasteiger charge is -2.30. The molecule has 2 saturated heterocycles. The van der Waals surface area contributed by atoms with Crippen molar-refractivity contribution in [3.8, 4) is 17.1 Å². The molecule has 1 atom stereocenters. The first-order chi connectivity index (χ1) is 19.0. The summed E-state index contributed by atoms with van der Waals surface area (Å²) in [7, 11) is 2.09. The Balaban J connectivity index is 1.42. The van der Waals surface area contributed by atoms with Gasteiger partial charge in [-0.3, -0.25) is 0 Å². The van der Waals surface area contributed by atoms with Gasteiger partial charge in [-0.15, -0.1) is 0 Å². The van der Waals surface area contributed by atoms with E-state index in [1.54, 1.807) is 6.07 Å². The summed E-state index contributed by atoms with van der Waals surface area (Å²) in [4.78, 5) is 18.3. The van der Waals surface area contributed by atoms with E-state index >= 15 is 4.39 Å². The lowest BCUT2D eigenvalue weighted by molar-refractivity contribution is 0.188. The number of rotatable bonds is 6. The highest BCUT2D eigenvalue weighted by molar-refractivity contribution is 7.22. The van der Waals surface area contributed by atoms with Crippen molar-refractivity contribution in [2.24, 2.45) is 0 Å². The molecule has 1 saturated carbocycles. The average Bonchev–Trinajstić information content (AvgIpc) is 3.59. The summed E-state index contributed by atoms with van der Waals surface area (Å²) in [6.07, 6.45) is 4.13. The van der Waals surface area contributed by atoms with E-state index in [-0.39, 0.29) is 28.6 Å². The number of halogens is 2. The Morgan fingerprint density at radius 1 is 1.08 bits per heavy atom. The van der Waals surface area contributed by atoms with Crippen LogP contribution in [0.2, 0.25) is 0 Å². The number of likely N-dealkylation sites (N-methyl/N-ethyl adjacent to an activating group) is 1. The third-order valence-corrected chi connectivity index (χ3v) is 9.11. The van der Waals surface area contributed by atoms with Gasteiger partial charge in [0.25, 0.3) is 0 Å². The van der Waals surface area contributed by atoms with Crippen molar-refractivity contribution in [3.63, 3.8) is 0 Å². The van der Waals surface area contributed by atoms with E-state index in [1.807, 2.05) is 6.07 Å². The van der Waals surface area contributed by atoms with Gasteiger partial charge in [0.2, 0.25) is 0 Å². The second kappa shape index (κ2) is 9.79. The van der Waals surface area contributed by atoms with Crippen LogP contribution in [-0.4, -0.2) is 72.3 Å². The van der Waals surface area contributed by atoms with Crippen LogP contribution in [0.5, 0.6) is 6.01 Å². The number of fused-ring (bicyclic) bond motifs is 2. The van der Waals surface area contributed by atoms with Gasteiger partial charge in [-0.25, -0.2) is 13.8 Å². The van der Waals surface area contributed by atoms with E-state index in [9.17, 15) is 4.39 Å². The van der Waals surface area contributed by atoms with Crippen molar-refractivity contribution < 1.29 is 13.5 Å². The third kappa shape index (κ3) is 4.46. The molecular weight excluding hydrogens is 520 g/mol. The van der Waals surface area contributed by atoms with Crippen LogP contribution in [-0.2, 0) is 0 Å². The molecule has 0 radical (unpaired) electrons. The fraction of sp³-hybridized carbons (Fsp3) is 0.464. The fourth-order valence-corrected chi connectivity index (χ4v) is 6.70. The molecule has 0 spiro atoms. The number of likely N-dealkylation sites (tertiary alicyclic amines) is 1. The Bertz CT molecular complexity index is 1570. The normalized spacial score (nSPS) is 20.4. The molecule has 204 valence electrons. The number of ether oxygens (including phenoxy) is 1. The topological polar surface area (TPSA) is 92.4 Å². The predicted octanol–water partition coefficient (Wildman–Crippen LogP) is 4.53. The first-order valence-electron chi connectivity index (χ1n) is 13.7. The molecule has 3 fully saturated rings. The van der Waals surface area contributed by atoms with Crippen LogP contribution in [0.3, 0.4) is 0 Å². The van der Waals surface area contributed by atoms with Crippen molar-refractivity contribution in [2.45, 2.75) is 37.6 Å². The van der Waals surface area contributed by atoms with Crippen LogP contribution in [0.25, 0.3) is 32.2 Å². The number of piperazine rings is 1. The third-order valence-electron chi connectivity index (χ3n) is 8.21. The van der Waals surface area contributed by atoms with Crippen LogP contribution >= 0.6 is 11.3 Å². The summed E-state index contributed by atoms with van der Waals surface area (Å²) >= 11 is 1.08. The summed E-state index contributed by atoms with van der Waals surface area (Å²) in [6, 6.07) is 5.49. The van der Waals surface area contributed by atoms with E-state index in [0.29, 0.717) is 39.2 Å². The highest BCUT2D eigenvalue weighted by Gasteiger charge is 2.33. The van der Waals surface area contributed by atoms with Crippen LogP contribution in [0.1, 0.15) is 37.2 Å². The van der Waals surface area contributed by atoms with Crippen molar-refractivity contribution >= 4 is 43.4 Å². The Labute approximate surface area is 229 Å². The van der Waals surface area contributed by atoms with Gasteiger partial charge < -0.3 is 25.6 Å². The summed E-state index contributed by atoms with van der Waals surface area (Å²) in [5.74, 6) is 0.0639. The van der Waals surface area contributed by atoms with Crippen LogP contribution < -0.4 is 20.7 Å². The summed E-state index contributed by atoms with van der Waals surface area (Å²) in [6.45, 7) is 4.65. The number of nitrogens with zero attached hydrogens (tertiary/aromatic N) is 5. The van der Waals surface area contributed by atoms with Gasteiger partial charge in [-0.05, 0) is 69.0 Å². The number of aromatic nitrogens is 3. The quantitative estimate of drug-likeness (QED) is 0.361. The minimum absolute atomic E-state index is 0.183. The molecule has 3 N–H and O–H groups in total. The minimum Gasteiger partial charge on any atom is -0.462 e. The molecule has 1 aliphatic carbocycles. The molecule has 8 nitrogen and oxygen atoms in total. The SMILES string of the molecule is CN1CCCC1COc1nc(N2CCNCC2)c2cc(C3CC3)c(-c3ccc(F)c4sc(N)nc34)c(F)c2n1. The molecule has 4 heterocycles. The van der Waals surface area contributed by atoms with Gasteiger partial charge in [0, 0.05) is 48.7 Å². The maximum absolute atomic E-state index is 16.8. The maximum atomic E-state index is 16.8. The zero-order chi connectivity index (χ0) is 26.7. The summed E-state index contributed by atoms with van der Waals surface area (Å²) < 4.78 is 37.9. The lowest BCUT2D eigenvalue weighted by Crippen LogP contribution is -2.44. The number of thiazole rings is 1. The van der Waals surface area contributed by atoms with Crippen LogP contribution in [0.15, 0.2) is 18.2 Å². The smallest absolute Gasteiger partial charge is 0.319 e. The zero-order valence-corrected chi connectivity index (χ0v) is 22.7. The number of nitrogens with two attached hydrogens (primary N) is 1. The van der Waals surface area contributed by atoms with Gasteiger partial charge in [0.1, 0.15) is 23.8 Å². The second-order valence-corrected chi connectivity index (χ2v) is 11.8. The van der Waals surface area contributed by atoms with Gasteiger partial charge in [-0.2, -0.15) is 9.97 Å².